The molecule has 26 heavy (non-hydrogen) atoms. The van der Waals surface area contributed by atoms with E-state index in [0.29, 0.717) is 22.8 Å². The molecule has 0 unspecified atom stereocenters. The van der Waals surface area contributed by atoms with Gasteiger partial charge in [0.2, 0.25) is 0 Å². The van der Waals surface area contributed by atoms with Crippen molar-refractivity contribution >= 4 is 17.4 Å². The fraction of sp³-hybridized carbons (Fsp3) is 0.286. The number of Topliss-reactive ketones (excluding diaryl/α,β-unsaturated/α-hetero) is 1. The van der Waals surface area contributed by atoms with E-state index in [1.807, 2.05) is 30.3 Å². The number of rotatable bonds is 7. The topological polar surface area (TPSA) is 65.0 Å². The number of hydrogen-bond donors (Lipinski definition) is 0. The van der Waals surface area contributed by atoms with E-state index in [9.17, 15) is 9.59 Å². The molecular weight excluding hydrogens is 330 g/mol. The lowest BCUT2D eigenvalue weighted by molar-refractivity contribution is -0.128. The summed E-state index contributed by atoms with van der Waals surface area (Å²) in [6, 6.07) is 14.7. The quantitative estimate of drug-likeness (QED) is 0.562. The Balaban J connectivity index is 2.51. The van der Waals surface area contributed by atoms with Gasteiger partial charge in [0.25, 0.3) is 5.91 Å². The number of carbonyl (C=O) groups is 2. The van der Waals surface area contributed by atoms with Crippen molar-refractivity contribution in [1.29, 1.82) is 0 Å². The van der Waals surface area contributed by atoms with Gasteiger partial charge in [0.05, 0.1) is 26.4 Å². The van der Waals surface area contributed by atoms with E-state index in [4.69, 9.17) is 9.47 Å². The van der Waals surface area contributed by atoms with Gasteiger partial charge in [-0.3, -0.25) is 9.59 Å². The number of carbonyl (C=O) groups excluding carboxylic acids is 2. The van der Waals surface area contributed by atoms with E-state index >= 15 is 0 Å². The lowest BCUT2D eigenvalue weighted by atomic mass is 10.0. The first-order valence-corrected chi connectivity index (χ1v) is 8.37. The molecule has 0 aromatic heterocycles. The van der Waals surface area contributed by atoms with Gasteiger partial charge in [0.15, 0.2) is 0 Å². The van der Waals surface area contributed by atoms with Crippen molar-refractivity contribution in [2.75, 3.05) is 14.2 Å². The predicted molar refractivity (Wildman–Crippen MR) is 101 cm³/mol. The highest BCUT2D eigenvalue weighted by molar-refractivity contribution is 6.18. The number of ether oxygens (including phenoxy) is 2. The van der Waals surface area contributed by atoms with E-state index in [0.717, 1.165) is 5.56 Å². The minimum atomic E-state index is -0.468. The Kier molecular flexibility index (Phi) is 6.67. The molecule has 0 bridgehead atoms. The van der Waals surface area contributed by atoms with Crippen LogP contribution in [0.25, 0.3) is 0 Å². The fourth-order valence-corrected chi connectivity index (χ4v) is 2.35. The Morgan fingerprint density at radius 3 is 2.00 bits per heavy atom. The Bertz CT molecular complexity index is 788. The molecule has 0 aliphatic carbocycles. The highest BCUT2D eigenvalue weighted by atomic mass is 16.5. The summed E-state index contributed by atoms with van der Waals surface area (Å²) in [4.78, 5) is 28.5. The molecule has 0 radical (unpaired) electrons. The summed E-state index contributed by atoms with van der Waals surface area (Å²) in [7, 11) is 3.12. The summed E-state index contributed by atoms with van der Waals surface area (Å²) in [6.45, 7) is 3.54. The van der Waals surface area contributed by atoms with E-state index in [1.54, 1.807) is 46.3 Å². The zero-order chi connectivity index (χ0) is 19.1. The van der Waals surface area contributed by atoms with Crippen molar-refractivity contribution in [1.82, 2.24) is 0 Å². The van der Waals surface area contributed by atoms with Crippen molar-refractivity contribution in [3.63, 3.8) is 0 Å². The average molecular weight is 353 g/mol. The maximum atomic E-state index is 12.4. The minimum absolute atomic E-state index is 0.130. The second-order valence-electron chi connectivity index (χ2n) is 6.12. The molecule has 0 saturated heterocycles. The third-order valence-corrected chi connectivity index (χ3v) is 3.88. The number of amides is 1. The molecule has 0 fully saturated rings. The maximum absolute atomic E-state index is 12.4. The van der Waals surface area contributed by atoms with E-state index in [-0.39, 0.29) is 18.1 Å². The maximum Gasteiger partial charge on any atom is 0.253 e. The number of methoxy groups -OCH3 is 2. The van der Waals surface area contributed by atoms with Crippen LogP contribution < -0.4 is 9.47 Å². The zero-order valence-electron chi connectivity index (χ0n) is 15.5. The molecule has 1 amide bonds. The standard InChI is InChI=1S/C21H23NO4/c1-14(2)19(23)13-20(24)22-21(15-8-6-5-7-9-15)16-10-17(25-3)12-18(11-16)26-4/h5-12,14H,13H2,1-4H3. The minimum Gasteiger partial charge on any atom is -0.497 e. The van der Waals surface area contributed by atoms with Gasteiger partial charge >= 0.3 is 0 Å². The van der Waals surface area contributed by atoms with Gasteiger partial charge in [-0.15, -0.1) is 0 Å². The van der Waals surface area contributed by atoms with Crippen LogP contribution >= 0.6 is 0 Å². The van der Waals surface area contributed by atoms with Gasteiger partial charge in [-0.2, -0.15) is 0 Å². The number of nitrogens with zero attached hydrogens (tertiary/aromatic N) is 1. The summed E-state index contributed by atoms with van der Waals surface area (Å²) in [5, 5.41) is 0. The van der Waals surface area contributed by atoms with Crippen LogP contribution in [0.5, 0.6) is 11.5 Å². The first-order valence-electron chi connectivity index (χ1n) is 8.37. The van der Waals surface area contributed by atoms with Crippen molar-refractivity contribution in [2.45, 2.75) is 20.3 Å². The van der Waals surface area contributed by atoms with Crippen LogP contribution in [-0.4, -0.2) is 31.6 Å². The van der Waals surface area contributed by atoms with Crippen molar-refractivity contribution in [3.8, 4) is 11.5 Å². The molecule has 0 aliphatic rings. The van der Waals surface area contributed by atoms with Crippen LogP contribution in [0.2, 0.25) is 0 Å². The molecule has 136 valence electrons. The van der Waals surface area contributed by atoms with Crippen molar-refractivity contribution < 1.29 is 19.1 Å². The monoisotopic (exact) mass is 353 g/mol. The SMILES string of the molecule is COc1cc(OC)cc(C(=NC(=O)CC(=O)C(C)C)c2ccccc2)c1. The number of hydrogen-bond acceptors (Lipinski definition) is 4. The highest BCUT2D eigenvalue weighted by Gasteiger charge is 2.16. The van der Waals surface area contributed by atoms with Gasteiger partial charge in [-0.1, -0.05) is 44.2 Å². The highest BCUT2D eigenvalue weighted by Crippen LogP contribution is 2.25. The van der Waals surface area contributed by atoms with Crippen LogP contribution in [0.1, 0.15) is 31.4 Å². The largest absolute Gasteiger partial charge is 0.497 e. The zero-order valence-corrected chi connectivity index (χ0v) is 15.5. The number of benzene rings is 2. The van der Waals surface area contributed by atoms with Gasteiger partial charge < -0.3 is 9.47 Å². The smallest absolute Gasteiger partial charge is 0.253 e. The van der Waals surface area contributed by atoms with Crippen LogP contribution in [0.3, 0.4) is 0 Å². The lowest BCUT2D eigenvalue weighted by Crippen LogP contribution is -2.14. The Morgan fingerprint density at radius 2 is 1.50 bits per heavy atom. The number of aliphatic imine (C=N–C) groups is 1. The summed E-state index contributed by atoms with van der Waals surface area (Å²) >= 11 is 0. The Morgan fingerprint density at radius 1 is 0.923 bits per heavy atom. The summed E-state index contributed by atoms with van der Waals surface area (Å²) in [5.41, 5.74) is 1.93. The third kappa shape index (κ3) is 5.02. The van der Waals surface area contributed by atoms with Gasteiger partial charge in [0, 0.05) is 23.1 Å². The van der Waals surface area contributed by atoms with Gasteiger partial charge in [-0.25, -0.2) is 4.99 Å². The molecule has 2 aromatic rings. The normalized spacial score (nSPS) is 11.3. The summed E-state index contributed by atoms with van der Waals surface area (Å²) in [6.07, 6.45) is -0.213. The number of ketones is 1. The van der Waals surface area contributed by atoms with Gasteiger partial charge in [-0.05, 0) is 12.1 Å². The second kappa shape index (κ2) is 8.94. The molecule has 0 atom stereocenters. The molecule has 5 heteroatoms. The van der Waals surface area contributed by atoms with E-state index < -0.39 is 5.91 Å². The van der Waals surface area contributed by atoms with E-state index in [1.165, 1.54) is 0 Å². The molecule has 0 aliphatic heterocycles. The van der Waals surface area contributed by atoms with Crippen molar-refractivity contribution in [2.24, 2.45) is 10.9 Å². The van der Waals surface area contributed by atoms with Gasteiger partial charge in [0.1, 0.15) is 17.3 Å². The van der Waals surface area contributed by atoms with Crippen LogP contribution in [0.4, 0.5) is 0 Å². The molecular formula is C21H23NO4. The molecule has 0 heterocycles. The Hall–Kier alpha value is -2.95. The van der Waals surface area contributed by atoms with Crippen molar-refractivity contribution in [3.05, 3.63) is 59.7 Å². The molecule has 0 saturated carbocycles. The van der Waals surface area contributed by atoms with Crippen LogP contribution in [0, 0.1) is 5.92 Å². The third-order valence-electron chi connectivity index (χ3n) is 3.88. The average Bonchev–Trinajstić information content (AvgIpc) is 2.66. The molecule has 2 aromatic carbocycles. The van der Waals surface area contributed by atoms with E-state index in [2.05, 4.69) is 4.99 Å². The molecule has 5 nitrogen and oxygen atoms in total. The van der Waals surface area contributed by atoms with Crippen LogP contribution in [0.15, 0.2) is 53.5 Å². The first kappa shape index (κ1) is 19.4. The summed E-state index contributed by atoms with van der Waals surface area (Å²) < 4.78 is 10.6. The summed E-state index contributed by atoms with van der Waals surface area (Å²) in [5.74, 6) is 0.382. The molecule has 0 spiro atoms. The fourth-order valence-electron chi connectivity index (χ4n) is 2.35. The molecule has 2 rings (SSSR count). The molecule has 0 N–H and O–H groups in total. The Labute approximate surface area is 153 Å². The lowest BCUT2D eigenvalue weighted by Gasteiger charge is -2.11. The van der Waals surface area contributed by atoms with Crippen LogP contribution in [-0.2, 0) is 9.59 Å². The predicted octanol–water partition coefficient (Wildman–Crippen LogP) is 3.68. The first-order chi connectivity index (χ1) is 12.4. The second-order valence-corrected chi connectivity index (χ2v) is 6.12.